The summed E-state index contributed by atoms with van der Waals surface area (Å²) in [6.45, 7) is 4.58. The highest BCUT2D eigenvalue weighted by atomic mass is 16.5. The molecule has 27 heavy (non-hydrogen) atoms. The third-order valence-electron chi connectivity index (χ3n) is 4.98. The molecule has 5 heteroatoms. The number of esters is 1. The molecule has 2 aromatic rings. The van der Waals surface area contributed by atoms with Gasteiger partial charge in [0.15, 0.2) is 0 Å². The normalized spacial score (nSPS) is 14.7. The highest BCUT2D eigenvalue weighted by molar-refractivity contribution is 6.11. The van der Waals surface area contributed by atoms with Crippen molar-refractivity contribution >= 4 is 11.5 Å². The molecule has 1 unspecified atom stereocenters. The van der Waals surface area contributed by atoms with Gasteiger partial charge in [-0.15, -0.1) is 0 Å². The zero-order valence-electron chi connectivity index (χ0n) is 15.7. The monoisotopic (exact) mass is 361 g/mol. The molecule has 0 saturated heterocycles. The largest absolute Gasteiger partial charge is 0.461 e. The number of unbranched alkanes of at least 4 members (excludes halogenated alkanes) is 1. The first-order chi connectivity index (χ1) is 13.2. The molecule has 0 fully saturated rings. The zero-order chi connectivity index (χ0) is 19.2. The predicted octanol–water partition coefficient (Wildman–Crippen LogP) is 4.54. The summed E-state index contributed by atoms with van der Waals surface area (Å²) in [6, 6.07) is 7.59. The summed E-state index contributed by atoms with van der Waals surface area (Å²) in [5.41, 5.74) is 3.74. The number of carbonyl (C=O) groups is 1. The van der Waals surface area contributed by atoms with Gasteiger partial charge in [-0.05, 0) is 24.5 Å². The smallest absolute Gasteiger partial charge is 0.349 e. The maximum Gasteiger partial charge on any atom is 0.349 e. The molecule has 0 saturated carbocycles. The second kappa shape index (κ2) is 8.59. The van der Waals surface area contributed by atoms with Crippen LogP contribution < -0.4 is 0 Å². The lowest BCUT2D eigenvalue weighted by Gasteiger charge is -2.15. The number of aromatic nitrogens is 2. The fourth-order valence-electron chi connectivity index (χ4n) is 3.40. The third-order valence-corrected chi connectivity index (χ3v) is 4.98. The Morgan fingerprint density at radius 1 is 1.22 bits per heavy atom. The minimum Gasteiger partial charge on any atom is -0.461 e. The van der Waals surface area contributed by atoms with Crippen LogP contribution in [0, 0.1) is 17.2 Å². The van der Waals surface area contributed by atoms with Crippen molar-refractivity contribution in [2.24, 2.45) is 5.92 Å². The van der Waals surface area contributed by atoms with Crippen molar-refractivity contribution in [1.82, 2.24) is 9.97 Å². The zero-order valence-corrected chi connectivity index (χ0v) is 15.7. The van der Waals surface area contributed by atoms with Crippen molar-refractivity contribution in [3.05, 3.63) is 53.5 Å². The highest BCUT2D eigenvalue weighted by Gasteiger charge is 2.30. The van der Waals surface area contributed by atoms with Crippen LogP contribution in [0.3, 0.4) is 0 Å². The van der Waals surface area contributed by atoms with E-state index in [0.717, 1.165) is 48.1 Å². The number of nitriles is 1. The van der Waals surface area contributed by atoms with Crippen molar-refractivity contribution in [3.8, 4) is 17.3 Å². The van der Waals surface area contributed by atoms with Crippen LogP contribution in [0.25, 0.3) is 16.8 Å². The topological polar surface area (TPSA) is 75.9 Å². The minimum absolute atomic E-state index is 0.0151. The summed E-state index contributed by atoms with van der Waals surface area (Å²) in [6.07, 6.45) is 9.27. The molecule has 0 aromatic carbocycles. The number of rotatable bonds is 7. The van der Waals surface area contributed by atoms with Crippen molar-refractivity contribution in [3.63, 3.8) is 0 Å². The second-order valence-corrected chi connectivity index (χ2v) is 6.70. The van der Waals surface area contributed by atoms with E-state index in [-0.39, 0.29) is 5.57 Å². The van der Waals surface area contributed by atoms with Crippen LogP contribution in [-0.4, -0.2) is 22.5 Å². The molecular formula is C22H23N3O2. The number of hydrogen-bond acceptors (Lipinski definition) is 5. The maximum atomic E-state index is 12.7. The van der Waals surface area contributed by atoms with Gasteiger partial charge in [0.05, 0.1) is 12.3 Å². The van der Waals surface area contributed by atoms with Crippen LogP contribution in [-0.2, 0) is 9.53 Å². The van der Waals surface area contributed by atoms with E-state index < -0.39 is 5.97 Å². The summed E-state index contributed by atoms with van der Waals surface area (Å²) in [4.78, 5) is 21.3. The van der Waals surface area contributed by atoms with Crippen LogP contribution >= 0.6 is 0 Å². The molecule has 1 atom stereocenters. The second-order valence-electron chi connectivity index (χ2n) is 6.70. The summed E-state index contributed by atoms with van der Waals surface area (Å²) in [7, 11) is 0. The van der Waals surface area contributed by atoms with E-state index in [1.807, 2.05) is 12.1 Å². The first-order valence-corrected chi connectivity index (χ1v) is 9.42. The molecule has 0 spiro atoms. The Hall–Kier alpha value is -3.00. The van der Waals surface area contributed by atoms with E-state index in [1.54, 1.807) is 24.7 Å². The number of hydrogen-bond donors (Lipinski definition) is 0. The number of nitrogens with zero attached hydrogens (tertiary/aromatic N) is 3. The van der Waals surface area contributed by atoms with E-state index in [4.69, 9.17) is 4.74 Å². The average Bonchev–Trinajstić information content (AvgIpc) is 3.04. The van der Waals surface area contributed by atoms with Gasteiger partial charge in [0, 0.05) is 40.9 Å². The van der Waals surface area contributed by atoms with Gasteiger partial charge in [-0.3, -0.25) is 9.97 Å². The Kier molecular flexibility index (Phi) is 5.97. The fourth-order valence-corrected chi connectivity index (χ4v) is 3.40. The van der Waals surface area contributed by atoms with Crippen molar-refractivity contribution in [2.45, 2.75) is 39.5 Å². The number of fused-ring (bicyclic) bond motifs is 3. The summed E-state index contributed by atoms with van der Waals surface area (Å²) >= 11 is 0. The van der Waals surface area contributed by atoms with Gasteiger partial charge in [-0.25, -0.2) is 4.79 Å². The van der Waals surface area contributed by atoms with E-state index >= 15 is 0 Å². The van der Waals surface area contributed by atoms with Gasteiger partial charge in [0.25, 0.3) is 0 Å². The van der Waals surface area contributed by atoms with Crippen LogP contribution in [0.5, 0.6) is 0 Å². The van der Waals surface area contributed by atoms with Gasteiger partial charge < -0.3 is 4.74 Å². The van der Waals surface area contributed by atoms with E-state index in [9.17, 15) is 10.1 Å². The van der Waals surface area contributed by atoms with Gasteiger partial charge in [0.2, 0.25) is 0 Å². The lowest BCUT2D eigenvalue weighted by molar-refractivity contribution is -0.139. The lowest BCUT2D eigenvalue weighted by atomic mass is 9.99. The Morgan fingerprint density at radius 3 is 2.81 bits per heavy atom. The van der Waals surface area contributed by atoms with Crippen molar-refractivity contribution in [1.29, 1.82) is 5.26 Å². The molecule has 2 heterocycles. The fraction of sp³-hybridized carbons (Fsp3) is 0.364. The molecule has 138 valence electrons. The molecule has 1 aliphatic carbocycles. The van der Waals surface area contributed by atoms with Crippen molar-refractivity contribution in [2.75, 3.05) is 6.61 Å². The molecule has 0 radical (unpaired) electrons. The van der Waals surface area contributed by atoms with Gasteiger partial charge in [-0.1, -0.05) is 39.2 Å². The Bertz CT molecular complexity index is 864. The first kappa shape index (κ1) is 18.8. The lowest BCUT2D eigenvalue weighted by Crippen LogP contribution is -2.16. The Balaban J connectivity index is 1.93. The Morgan fingerprint density at radius 2 is 2.07 bits per heavy atom. The number of pyridine rings is 2. The van der Waals surface area contributed by atoms with Crippen molar-refractivity contribution < 1.29 is 9.53 Å². The summed E-state index contributed by atoms with van der Waals surface area (Å²) in [5.74, 6) is -0.251. The number of carbonyl (C=O) groups excluding carboxylic acids is 1. The van der Waals surface area contributed by atoms with Gasteiger partial charge in [-0.2, -0.15) is 5.26 Å². The molecule has 5 nitrogen and oxygen atoms in total. The third kappa shape index (κ3) is 3.75. The van der Waals surface area contributed by atoms with E-state index in [2.05, 4.69) is 29.9 Å². The highest BCUT2D eigenvalue weighted by Crippen LogP contribution is 2.43. The molecule has 0 amide bonds. The standard InChI is InChI=1S/C22H23N3O2/c1-3-5-7-15(4-2)14-27-22(26)18(12-23)20-17-8-6-10-25-21(17)16-9-11-24-13-19(16)20/h6,8-11,13,15H,3-5,7,14H2,1-2H3/b20-18-. The van der Waals surface area contributed by atoms with E-state index in [0.29, 0.717) is 18.1 Å². The predicted molar refractivity (Wildman–Crippen MR) is 103 cm³/mol. The molecule has 0 bridgehead atoms. The summed E-state index contributed by atoms with van der Waals surface area (Å²) in [5, 5.41) is 9.72. The average molecular weight is 361 g/mol. The molecule has 1 aliphatic rings. The Labute approximate surface area is 159 Å². The van der Waals surface area contributed by atoms with Crippen LogP contribution in [0.4, 0.5) is 0 Å². The maximum absolute atomic E-state index is 12.7. The molecular weight excluding hydrogens is 338 g/mol. The van der Waals surface area contributed by atoms with Crippen LogP contribution in [0.15, 0.2) is 42.4 Å². The molecule has 3 rings (SSSR count). The molecule has 0 aliphatic heterocycles. The minimum atomic E-state index is -0.575. The first-order valence-electron chi connectivity index (χ1n) is 9.42. The SMILES string of the molecule is CCCCC(CC)COC(=O)/C(C#N)=C1\c2cnccc2-c2ncccc21. The van der Waals surface area contributed by atoms with Crippen LogP contribution in [0.1, 0.15) is 50.7 Å². The quantitative estimate of drug-likeness (QED) is 0.351. The van der Waals surface area contributed by atoms with Crippen LogP contribution in [0.2, 0.25) is 0 Å². The van der Waals surface area contributed by atoms with Gasteiger partial charge in [0.1, 0.15) is 11.6 Å². The number of ether oxygens (including phenoxy) is 1. The molecule has 2 aromatic heterocycles. The van der Waals surface area contributed by atoms with E-state index in [1.165, 1.54) is 0 Å². The van der Waals surface area contributed by atoms with Gasteiger partial charge >= 0.3 is 5.97 Å². The molecule has 0 N–H and O–H groups in total. The summed E-state index contributed by atoms with van der Waals surface area (Å²) < 4.78 is 5.53.